The van der Waals surface area contributed by atoms with E-state index in [4.69, 9.17) is 0 Å². The van der Waals surface area contributed by atoms with Crippen LogP contribution < -0.4 is 5.32 Å². The average molecular weight is 155 g/mol. The highest BCUT2D eigenvalue weighted by Gasteiger charge is 1.96. The van der Waals surface area contributed by atoms with Gasteiger partial charge in [0, 0.05) is 6.42 Å². The highest BCUT2D eigenvalue weighted by molar-refractivity contribution is 7.14. The quantitative estimate of drug-likeness (QED) is 0.696. The third-order valence-electron chi connectivity index (χ3n) is 1.10. The van der Waals surface area contributed by atoms with E-state index in [9.17, 15) is 4.79 Å². The van der Waals surface area contributed by atoms with E-state index in [0.29, 0.717) is 6.42 Å². The van der Waals surface area contributed by atoms with Crippen LogP contribution in [0.4, 0.5) is 5.00 Å². The van der Waals surface area contributed by atoms with Crippen molar-refractivity contribution in [3.63, 3.8) is 0 Å². The molecule has 0 unspecified atom stereocenters. The molecule has 1 N–H and O–H groups in total. The maximum absolute atomic E-state index is 10.8. The van der Waals surface area contributed by atoms with Crippen molar-refractivity contribution in [2.75, 3.05) is 5.32 Å². The van der Waals surface area contributed by atoms with E-state index in [-0.39, 0.29) is 5.91 Å². The molecule has 1 aromatic heterocycles. The molecule has 0 aliphatic carbocycles. The van der Waals surface area contributed by atoms with E-state index in [2.05, 4.69) is 5.32 Å². The van der Waals surface area contributed by atoms with Crippen molar-refractivity contribution >= 4 is 22.2 Å². The van der Waals surface area contributed by atoms with Crippen molar-refractivity contribution in [1.29, 1.82) is 0 Å². The fraction of sp³-hybridized carbons (Fsp3) is 0.286. The second-order valence-corrected chi connectivity index (χ2v) is 2.83. The highest BCUT2D eigenvalue weighted by atomic mass is 32.1. The average Bonchev–Trinajstić information content (AvgIpc) is 2.40. The molecule has 1 aromatic rings. The predicted molar refractivity (Wildman–Crippen MR) is 43.2 cm³/mol. The topological polar surface area (TPSA) is 29.1 Å². The van der Waals surface area contributed by atoms with Crippen LogP contribution in [-0.4, -0.2) is 5.91 Å². The third-order valence-corrected chi connectivity index (χ3v) is 1.89. The lowest BCUT2D eigenvalue weighted by molar-refractivity contribution is -0.115. The number of carbonyl (C=O) groups excluding carboxylic acids is 1. The molecule has 0 aromatic carbocycles. The van der Waals surface area contributed by atoms with E-state index in [1.165, 1.54) is 11.3 Å². The summed E-state index contributed by atoms with van der Waals surface area (Å²) in [5.74, 6) is 0.0717. The molecule has 1 amide bonds. The Bertz CT molecular complexity index is 205. The molecule has 54 valence electrons. The maximum atomic E-state index is 10.8. The monoisotopic (exact) mass is 155 g/mol. The van der Waals surface area contributed by atoms with Gasteiger partial charge in [-0.15, -0.1) is 11.3 Å². The van der Waals surface area contributed by atoms with Crippen LogP contribution in [-0.2, 0) is 4.79 Å². The molecule has 0 radical (unpaired) electrons. The van der Waals surface area contributed by atoms with Gasteiger partial charge in [0.2, 0.25) is 5.91 Å². The summed E-state index contributed by atoms with van der Waals surface area (Å²) in [6.45, 7) is 1.84. The zero-order valence-electron chi connectivity index (χ0n) is 5.76. The zero-order valence-corrected chi connectivity index (χ0v) is 6.57. The summed E-state index contributed by atoms with van der Waals surface area (Å²) in [6.07, 6.45) is 0.540. The Kier molecular flexibility index (Phi) is 2.45. The molecular formula is C7H9NOS. The van der Waals surface area contributed by atoms with Gasteiger partial charge in [0.25, 0.3) is 0 Å². The minimum Gasteiger partial charge on any atom is -0.318 e. The van der Waals surface area contributed by atoms with Crippen molar-refractivity contribution in [2.24, 2.45) is 0 Å². The van der Waals surface area contributed by atoms with Gasteiger partial charge in [-0.1, -0.05) is 6.92 Å². The molecular weight excluding hydrogens is 146 g/mol. The number of anilines is 1. The number of carbonyl (C=O) groups is 1. The molecule has 3 heteroatoms. The summed E-state index contributed by atoms with van der Waals surface area (Å²) in [6, 6.07) is 3.80. The standard InChI is InChI=1S/C7H9NOS/c1-2-6(9)8-7-4-3-5-10-7/h3-5H,2H2,1H3,(H,8,9). The SMILES string of the molecule is CCC(=O)Nc1cccs1. The lowest BCUT2D eigenvalue weighted by Gasteiger charge is -1.96. The first kappa shape index (κ1) is 7.28. The van der Waals surface area contributed by atoms with Crippen LogP contribution in [0, 0.1) is 0 Å². The molecule has 0 saturated heterocycles. The van der Waals surface area contributed by atoms with Gasteiger partial charge in [-0.05, 0) is 17.5 Å². The molecule has 0 atom stereocenters. The Morgan fingerprint density at radius 1 is 1.80 bits per heavy atom. The Morgan fingerprint density at radius 3 is 3.10 bits per heavy atom. The van der Waals surface area contributed by atoms with Crippen molar-refractivity contribution in [2.45, 2.75) is 13.3 Å². The first-order chi connectivity index (χ1) is 4.83. The van der Waals surface area contributed by atoms with Gasteiger partial charge in [0.1, 0.15) is 0 Å². The van der Waals surface area contributed by atoms with Crippen LogP contribution in [0.5, 0.6) is 0 Å². The van der Waals surface area contributed by atoms with Gasteiger partial charge in [0.05, 0.1) is 5.00 Å². The summed E-state index contributed by atoms with van der Waals surface area (Å²) in [4.78, 5) is 10.8. The third kappa shape index (κ3) is 1.84. The number of hydrogen-bond acceptors (Lipinski definition) is 2. The fourth-order valence-corrected chi connectivity index (χ4v) is 1.21. The fourth-order valence-electron chi connectivity index (χ4n) is 0.575. The first-order valence-corrected chi connectivity index (χ1v) is 4.04. The molecule has 0 spiro atoms. The Labute approximate surface area is 63.9 Å². The number of amides is 1. The minimum atomic E-state index is 0.0717. The van der Waals surface area contributed by atoms with Crippen molar-refractivity contribution in [3.8, 4) is 0 Å². The molecule has 1 rings (SSSR count). The van der Waals surface area contributed by atoms with E-state index < -0.39 is 0 Å². The molecule has 0 aliphatic rings. The summed E-state index contributed by atoms with van der Waals surface area (Å²) >= 11 is 1.53. The Hall–Kier alpha value is -0.830. The molecule has 0 bridgehead atoms. The van der Waals surface area contributed by atoms with Gasteiger partial charge < -0.3 is 5.32 Å². The van der Waals surface area contributed by atoms with Crippen molar-refractivity contribution in [3.05, 3.63) is 17.5 Å². The van der Waals surface area contributed by atoms with Crippen LogP contribution in [0.1, 0.15) is 13.3 Å². The van der Waals surface area contributed by atoms with Crippen LogP contribution in [0.25, 0.3) is 0 Å². The van der Waals surface area contributed by atoms with Crippen LogP contribution in [0.3, 0.4) is 0 Å². The molecule has 1 heterocycles. The zero-order chi connectivity index (χ0) is 7.40. The molecule has 0 fully saturated rings. The molecule has 0 aliphatic heterocycles. The lowest BCUT2D eigenvalue weighted by atomic mass is 10.4. The maximum Gasteiger partial charge on any atom is 0.224 e. The first-order valence-electron chi connectivity index (χ1n) is 3.16. The summed E-state index contributed by atoms with van der Waals surface area (Å²) < 4.78 is 0. The Balaban J connectivity index is 2.48. The normalized spacial score (nSPS) is 9.30. The van der Waals surface area contributed by atoms with Gasteiger partial charge in [0.15, 0.2) is 0 Å². The smallest absolute Gasteiger partial charge is 0.224 e. The molecule has 0 saturated carbocycles. The predicted octanol–water partition coefficient (Wildman–Crippen LogP) is 2.10. The van der Waals surface area contributed by atoms with E-state index >= 15 is 0 Å². The van der Waals surface area contributed by atoms with E-state index in [1.807, 2.05) is 24.4 Å². The summed E-state index contributed by atoms with van der Waals surface area (Å²) in [5, 5.41) is 5.61. The van der Waals surface area contributed by atoms with Gasteiger partial charge >= 0.3 is 0 Å². The van der Waals surface area contributed by atoms with Gasteiger partial charge in [-0.25, -0.2) is 0 Å². The van der Waals surface area contributed by atoms with Crippen molar-refractivity contribution < 1.29 is 4.79 Å². The number of thiophene rings is 1. The van der Waals surface area contributed by atoms with Crippen LogP contribution in [0.2, 0.25) is 0 Å². The number of hydrogen-bond donors (Lipinski definition) is 1. The summed E-state index contributed by atoms with van der Waals surface area (Å²) in [7, 11) is 0. The van der Waals surface area contributed by atoms with E-state index in [1.54, 1.807) is 0 Å². The molecule has 2 nitrogen and oxygen atoms in total. The molecule has 10 heavy (non-hydrogen) atoms. The van der Waals surface area contributed by atoms with Crippen LogP contribution in [0.15, 0.2) is 17.5 Å². The van der Waals surface area contributed by atoms with Crippen molar-refractivity contribution in [1.82, 2.24) is 0 Å². The van der Waals surface area contributed by atoms with Crippen LogP contribution >= 0.6 is 11.3 Å². The Morgan fingerprint density at radius 2 is 2.60 bits per heavy atom. The number of rotatable bonds is 2. The second-order valence-electron chi connectivity index (χ2n) is 1.88. The summed E-state index contributed by atoms with van der Waals surface area (Å²) in [5.41, 5.74) is 0. The van der Waals surface area contributed by atoms with Gasteiger partial charge in [-0.2, -0.15) is 0 Å². The second kappa shape index (κ2) is 3.37. The van der Waals surface area contributed by atoms with Gasteiger partial charge in [-0.3, -0.25) is 4.79 Å². The van der Waals surface area contributed by atoms with E-state index in [0.717, 1.165) is 5.00 Å². The minimum absolute atomic E-state index is 0.0717. The largest absolute Gasteiger partial charge is 0.318 e. The number of nitrogens with one attached hydrogen (secondary N) is 1. The lowest BCUT2D eigenvalue weighted by Crippen LogP contribution is -2.07. The highest BCUT2D eigenvalue weighted by Crippen LogP contribution is 2.14.